The number of benzene rings is 3. The van der Waals surface area contributed by atoms with Crippen LogP contribution in [0.4, 0.5) is 0 Å². The molecule has 1 atom stereocenters. The van der Waals surface area contributed by atoms with Gasteiger partial charge in [0.2, 0.25) is 10.0 Å². The monoisotopic (exact) mass is 481 g/mol. The maximum absolute atomic E-state index is 13.4. The molecular formula is C26H27NO6S. The number of ketones is 1. The molecule has 0 unspecified atom stereocenters. The van der Waals surface area contributed by atoms with Crippen molar-refractivity contribution in [2.24, 2.45) is 0 Å². The number of fused-ring (bicyclic) bond motifs is 1. The number of nitrogens with zero attached hydrogens (tertiary/aromatic N) is 1. The van der Waals surface area contributed by atoms with Gasteiger partial charge < -0.3 is 9.47 Å². The van der Waals surface area contributed by atoms with Crippen LogP contribution in [0.15, 0.2) is 65.6 Å². The van der Waals surface area contributed by atoms with E-state index in [1.54, 1.807) is 12.1 Å². The van der Waals surface area contributed by atoms with Crippen molar-refractivity contribution in [1.82, 2.24) is 4.31 Å². The van der Waals surface area contributed by atoms with Gasteiger partial charge in [-0.3, -0.25) is 4.79 Å². The molecule has 34 heavy (non-hydrogen) atoms. The van der Waals surface area contributed by atoms with Crippen LogP contribution in [0.2, 0.25) is 0 Å². The second kappa shape index (κ2) is 9.95. The van der Waals surface area contributed by atoms with E-state index in [4.69, 9.17) is 9.47 Å². The Labute approximate surface area is 199 Å². The summed E-state index contributed by atoms with van der Waals surface area (Å²) < 4.78 is 38.6. The van der Waals surface area contributed by atoms with E-state index in [0.717, 1.165) is 30.0 Å². The Kier molecular flexibility index (Phi) is 7.00. The fourth-order valence-electron chi connectivity index (χ4n) is 4.22. The Morgan fingerprint density at radius 2 is 1.71 bits per heavy atom. The molecule has 1 aliphatic rings. The third-order valence-electron chi connectivity index (χ3n) is 6.13. The van der Waals surface area contributed by atoms with Crippen LogP contribution in [0.5, 0.6) is 5.75 Å². The Bertz CT molecular complexity index is 1330. The normalized spacial score (nSPS) is 16.8. The molecule has 0 amide bonds. The van der Waals surface area contributed by atoms with E-state index in [1.165, 1.54) is 29.6 Å². The lowest BCUT2D eigenvalue weighted by Crippen LogP contribution is -2.42. The molecule has 0 aromatic heterocycles. The minimum absolute atomic E-state index is 0.0374. The maximum atomic E-state index is 13.4. The number of rotatable bonds is 7. The zero-order valence-corrected chi connectivity index (χ0v) is 20.0. The summed E-state index contributed by atoms with van der Waals surface area (Å²) in [7, 11) is -2.49. The highest BCUT2D eigenvalue weighted by atomic mass is 32.2. The largest absolute Gasteiger partial charge is 0.495 e. The van der Waals surface area contributed by atoms with Crippen molar-refractivity contribution < 1.29 is 27.5 Å². The molecule has 0 aliphatic carbocycles. The van der Waals surface area contributed by atoms with Crippen molar-refractivity contribution in [3.63, 3.8) is 0 Å². The number of methoxy groups -OCH3 is 1. The van der Waals surface area contributed by atoms with Gasteiger partial charge >= 0.3 is 5.97 Å². The molecule has 4 rings (SSSR count). The van der Waals surface area contributed by atoms with Crippen LogP contribution in [-0.2, 0) is 14.8 Å². The summed E-state index contributed by atoms with van der Waals surface area (Å²) in [6.07, 6.45) is 2.53. The van der Waals surface area contributed by atoms with E-state index >= 15 is 0 Å². The number of esters is 1. The number of carbonyl (C=O) groups excluding carboxylic acids is 2. The first-order valence-electron chi connectivity index (χ1n) is 11.2. The molecule has 0 radical (unpaired) electrons. The molecule has 0 spiro atoms. The SMILES string of the molecule is COc1ccc(C(=O)OCC(=O)c2ccc3ccccc3c2)cc1S(=O)(=O)N1CCCC[C@H]1C. The summed E-state index contributed by atoms with van der Waals surface area (Å²) >= 11 is 0. The average molecular weight is 482 g/mol. The Morgan fingerprint density at radius 1 is 0.971 bits per heavy atom. The highest BCUT2D eigenvalue weighted by Crippen LogP contribution is 2.32. The van der Waals surface area contributed by atoms with Gasteiger partial charge in [0.25, 0.3) is 0 Å². The molecule has 1 fully saturated rings. The van der Waals surface area contributed by atoms with Crippen molar-refractivity contribution in [1.29, 1.82) is 0 Å². The summed E-state index contributed by atoms with van der Waals surface area (Å²) in [5.74, 6) is -0.968. The van der Waals surface area contributed by atoms with Crippen molar-refractivity contribution in [3.05, 3.63) is 71.8 Å². The van der Waals surface area contributed by atoms with Crippen LogP contribution in [0.1, 0.15) is 46.9 Å². The Morgan fingerprint density at radius 3 is 2.44 bits per heavy atom. The summed E-state index contributed by atoms with van der Waals surface area (Å²) in [4.78, 5) is 25.2. The average Bonchev–Trinajstić information content (AvgIpc) is 2.86. The summed E-state index contributed by atoms with van der Waals surface area (Å²) in [6.45, 7) is 1.84. The van der Waals surface area contributed by atoms with Crippen LogP contribution in [0.3, 0.4) is 0 Å². The van der Waals surface area contributed by atoms with Gasteiger partial charge in [-0.15, -0.1) is 0 Å². The number of carbonyl (C=O) groups is 2. The Hall–Kier alpha value is -3.23. The molecule has 0 saturated carbocycles. The van der Waals surface area contributed by atoms with E-state index in [1.807, 2.05) is 37.3 Å². The lowest BCUT2D eigenvalue weighted by molar-refractivity contribution is 0.0474. The first-order chi connectivity index (χ1) is 16.3. The highest BCUT2D eigenvalue weighted by Gasteiger charge is 2.33. The molecule has 1 saturated heterocycles. The minimum Gasteiger partial charge on any atom is -0.495 e. The smallest absolute Gasteiger partial charge is 0.338 e. The lowest BCUT2D eigenvalue weighted by Gasteiger charge is -2.32. The van der Waals surface area contributed by atoms with Gasteiger partial charge in [0.1, 0.15) is 10.6 Å². The van der Waals surface area contributed by atoms with Crippen LogP contribution in [0.25, 0.3) is 10.8 Å². The van der Waals surface area contributed by atoms with Crippen LogP contribution in [0, 0.1) is 0 Å². The predicted molar refractivity (Wildman–Crippen MR) is 129 cm³/mol. The summed E-state index contributed by atoms with van der Waals surface area (Å²) in [5, 5.41) is 1.92. The number of ether oxygens (including phenoxy) is 2. The molecule has 8 heteroatoms. The van der Waals surface area contributed by atoms with Gasteiger partial charge in [-0.05, 0) is 54.8 Å². The third-order valence-corrected chi connectivity index (χ3v) is 8.17. The van der Waals surface area contributed by atoms with Crippen molar-refractivity contribution >= 4 is 32.5 Å². The quantitative estimate of drug-likeness (QED) is 0.366. The molecule has 1 aliphatic heterocycles. The molecule has 1 heterocycles. The first kappa shape index (κ1) is 23.9. The van der Waals surface area contributed by atoms with Gasteiger partial charge in [-0.2, -0.15) is 4.31 Å². The predicted octanol–water partition coefficient (Wildman–Crippen LogP) is 4.45. The molecule has 3 aromatic rings. The second-order valence-corrected chi connectivity index (χ2v) is 10.2. The van der Waals surface area contributed by atoms with E-state index < -0.39 is 22.6 Å². The van der Waals surface area contributed by atoms with Crippen LogP contribution in [-0.4, -0.2) is 50.8 Å². The summed E-state index contributed by atoms with van der Waals surface area (Å²) in [6, 6.07) is 16.9. The standard InChI is InChI=1S/C26H27NO6S/c1-18-7-5-6-14-27(18)34(30,31)25-16-22(12-13-24(25)32-2)26(29)33-17-23(28)21-11-10-19-8-3-4-9-20(19)15-21/h3-4,8-13,15-16,18H,5-7,14,17H2,1-2H3/t18-/m1/s1. The molecule has 0 N–H and O–H groups in total. The molecule has 0 bridgehead atoms. The molecule has 3 aromatic carbocycles. The minimum atomic E-state index is -3.87. The van der Waals surface area contributed by atoms with Gasteiger partial charge in [0.15, 0.2) is 12.4 Å². The fraction of sp³-hybridized carbons (Fsp3) is 0.308. The van der Waals surface area contributed by atoms with Gasteiger partial charge in [0, 0.05) is 18.2 Å². The van der Waals surface area contributed by atoms with Crippen molar-refractivity contribution in [2.75, 3.05) is 20.3 Å². The topological polar surface area (TPSA) is 90.0 Å². The third kappa shape index (κ3) is 4.83. The van der Waals surface area contributed by atoms with Crippen LogP contribution >= 0.6 is 0 Å². The lowest BCUT2D eigenvalue weighted by atomic mass is 10.0. The first-order valence-corrected chi connectivity index (χ1v) is 12.6. The van der Waals surface area contributed by atoms with Crippen molar-refractivity contribution in [3.8, 4) is 5.75 Å². The van der Waals surface area contributed by atoms with Crippen molar-refractivity contribution in [2.45, 2.75) is 37.1 Å². The molecular weight excluding hydrogens is 454 g/mol. The number of hydrogen-bond acceptors (Lipinski definition) is 6. The zero-order valence-electron chi connectivity index (χ0n) is 19.2. The Balaban J connectivity index is 1.52. The highest BCUT2D eigenvalue weighted by molar-refractivity contribution is 7.89. The van der Waals surface area contributed by atoms with E-state index in [-0.39, 0.29) is 28.0 Å². The van der Waals surface area contributed by atoms with Gasteiger partial charge in [-0.25, -0.2) is 13.2 Å². The molecule has 7 nitrogen and oxygen atoms in total. The summed E-state index contributed by atoms with van der Waals surface area (Å²) in [5.41, 5.74) is 0.471. The number of Topliss-reactive ketones (excluding diaryl/α,β-unsaturated/α-hetero) is 1. The van der Waals surface area contributed by atoms with Crippen LogP contribution < -0.4 is 4.74 Å². The number of hydrogen-bond donors (Lipinski definition) is 0. The zero-order chi connectivity index (χ0) is 24.3. The fourth-order valence-corrected chi connectivity index (χ4v) is 6.10. The maximum Gasteiger partial charge on any atom is 0.338 e. The second-order valence-electron chi connectivity index (χ2n) is 8.39. The number of piperidine rings is 1. The molecule has 178 valence electrons. The van der Waals surface area contributed by atoms with E-state index in [0.29, 0.717) is 12.1 Å². The van der Waals surface area contributed by atoms with E-state index in [2.05, 4.69) is 0 Å². The van der Waals surface area contributed by atoms with E-state index in [9.17, 15) is 18.0 Å². The number of sulfonamides is 1. The van der Waals surface area contributed by atoms with Gasteiger partial charge in [-0.1, -0.05) is 42.8 Å². The van der Waals surface area contributed by atoms with Gasteiger partial charge in [0.05, 0.1) is 12.7 Å².